The van der Waals surface area contributed by atoms with Gasteiger partial charge in [-0.3, -0.25) is 5.32 Å². The highest BCUT2D eigenvalue weighted by atomic mass is 79.9. The van der Waals surface area contributed by atoms with Crippen molar-refractivity contribution in [3.05, 3.63) is 19.2 Å². The molecule has 2 nitrogen and oxygen atoms in total. The summed E-state index contributed by atoms with van der Waals surface area (Å²) >= 11 is 8.44. The maximum atomic E-state index is 9.09. The van der Waals surface area contributed by atoms with Gasteiger partial charge in [0.25, 0.3) is 0 Å². The minimum absolute atomic E-state index is 0.215. The maximum absolute atomic E-state index is 9.09. The fourth-order valence-electron chi connectivity index (χ4n) is 1.09. The van der Waals surface area contributed by atoms with Crippen molar-refractivity contribution in [1.29, 1.82) is 5.26 Å². The summed E-state index contributed by atoms with van der Waals surface area (Å²) in [6.45, 7) is 4.19. The van der Waals surface area contributed by atoms with Gasteiger partial charge < -0.3 is 0 Å². The molecule has 1 heterocycles. The molecular weight excluding hydrogens is 340 g/mol. The van der Waals surface area contributed by atoms with Crippen LogP contribution in [0, 0.1) is 11.3 Å². The van der Waals surface area contributed by atoms with E-state index in [-0.39, 0.29) is 6.04 Å². The molecule has 0 aliphatic carbocycles. The lowest BCUT2D eigenvalue weighted by molar-refractivity contribution is 0.505. The second kappa shape index (κ2) is 6.00. The highest BCUT2D eigenvalue weighted by Gasteiger charge is 2.16. The first-order valence-corrected chi connectivity index (χ1v) is 7.09. The average molecular weight is 352 g/mol. The summed E-state index contributed by atoms with van der Waals surface area (Å²) in [4.78, 5) is 1.04. The lowest BCUT2D eigenvalue weighted by Crippen LogP contribution is -2.28. The van der Waals surface area contributed by atoms with Crippen LogP contribution >= 0.6 is 43.2 Å². The van der Waals surface area contributed by atoms with Crippen molar-refractivity contribution < 1.29 is 0 Å². The third kappa shape index (κ3) is 3.56. The van der Waals surface area contributed by atoms with Crippen LogP contribution in [0.15, 0.2) is 14.3 Å². The normalized spacial score (nSPS) is 14.6. The lowest BCUT2D eigenvalue weighted by atomic mass is 10.2. The van der Waals surface area contributed by atoms with Crippen LogP contribution in [-0.2, 0) is 0 Å². The largest absolute Gasteiger partial charge is 0.295 e. The number of hydrogen-bond acceptors (Lipinski definition) is 3. The molecular formula is C10H12Br2N2S. The zero-order chi connectivity index (χ0) is 11.4. The summed E-state index contributed by atoms with van der Waals surface area (Å²) in [6, 6.07) is 4.41. The van der Waals surface area contributed by atoms with Crippen LogP contribution in [0.1, 0.15) is 31.2 Å². The van der Waals surface area contributed by atoms with E-state index in [0.717, 1.165) is 19.6 Å². The third-order valence-corrected chi connectivity index (χ3v) is 5.46. The van der Waals surface area contributed by atoms with Gasteiger partial charge >= 0.3 is 0 Å². The molecule has 0 radical (unpaired) electrons. The molecule has 0 aromatic carbocycles. The molecule has 0 aliphatic heterocycles. The SMILES string of the molecule is CCC(C)NC(C#N)c1cc(Br)c(Br)s1. The molecule has 1 aromatic heterocycles. The van der Waals surface area contributed by atoms with Gasteiger partial charge in [0.15, 0.2) is 0 Å². The molecule has 0 spiro atoms. The quantitative estimate of drug-likeness (QED) is 0.881. The Morgan fingerprint density at radius 1 is 1.60 bits per heavy atom. The second-order valence-corrected chi connectivity index (χ2v) is 6.56. The molecule has 0 saturated carbocycles. The van der Waals surface area contributed by atoms with Crippen molar-refractivity contribution in [2.75, 3.05) is 0 Å². The Labute approximate surface area is 111 Å². The lowest BCUT2D eigenvalue weighted by Gasteiger charge is -2.15. The first kappa shape index (κ1) is 13.2. The number of rotatable bonds is 4. The zero-order valence-corrected chi connectivity index (χ0v) is 12.5. The Balaban J connectivity index is 2.80. The second-order valence-electron chi connectivity index (χ2n) is 3.31. The number of halogens is 2. The van der Waals surface area contributed by atoms with Crippen LogP contribution in [0.2, 0.25) is 0 Å². The van der Waals surface area contributed by atoms with Crippen molar-refractivity contribution in [3.63, 3.8) is 0 Å². The van der Waals surface area contributed by atoms with Gasteiger partial charge in [-0.05, 0) is 51.3 Å². The van der Waals surface area contributed by atoms with Crippen LogP contribution in [0.5, 0.6) is 0 Å². The molecule has 1 N–H and O–H groups in total. The van der Waals surface area contributed by atoms with E-state index >= 15 is 0 Å². The van der Waals surface area contributed by atoms with E-state index in [1.54, 1.807) is 11.3 Å². The van der Waals surface area contributed by atoms with Crippen molar-refractivity contribution in [1.82, 2.24) is 5.32 Å². The fraction of sp³-hybridized carbons (Fsp3) is 0.500. The third-order valence-electron chi connectivity index (χ3n) is 2.14. The van der Waals surface area contributed by atoms with Gasteiger partial charge in [0.2, 0.25) is 0 Å². The molecule has 0 amide bonds. The van der Waals surface area contributed by atoms with E-state index < -0.39 is 0 Å². The summed E-state index contributed by atoms with van der Waals surface area (Å²) in [5.74, 6) is 0. The van der Waals surface area contributed by atoms with E-state index in [1.807, 2.05) is 6.07 Å². The molecule has 1 rings (SSSR count). The number of thiophene rings is 1. The smallest absolute Gasteiger partial charge is 0.130 e. The van der Waals surface area contributed by atoms with E-state index in [9.17, 15) is 0 Å². The summed E-state index contributed by atoms with van der Waals surface area (Å²) in [5.41, 5.74) is 0. The summed E-state index contributed by atoms with van der Waals surface area (Å²) in [7, 11) is 0. The van der Waals surface area contributed by atoms with Gasteiger partial charge in [0, 0.05) is 15.4 Å². The first-order chi connectivity index (χ1) is 7.08. The molecule has 82 valence electrons. The predicted octanol–water partition coefficient (Wildman–Crippen LogP) is 4.23. The predicted molar refractivity (Wildman–Crippen MR) is 71.0 cm³/mol. The van der Waals surface area contributed by atoms with Crippen molar-refractivity contribution in [2.24, 2.45) is 0 Å². The van der Waals surface area contributed by atoms with Crippen molar-refractivity contribution >= 4 is 43.2 Å². The minimum atomic E-state index is -0.215. The average Bonchev–Trinajstić information content (AvgIpc) is 2.55. The van der Waals surface area contributed by atoms with Gasteiger partial charge in [-0.2, -0.15) is 5.26 Å². The Hall–Kier alpha value is 0.110. The van der Waals surface area contributed by atoms with Gasteiger partial charge in [0.1, 0.15) is 6.04 Å². The monoisotopic (exact) mass is 350 g/mol. The first-order valence-electron chi connectivity index (χ1n) is 4.68. The van der Waals surface area contributed by atoms with Crippen molar-refractivity contribution in [3.8, 4) is 6.07 Å². The highest BCUT2D eigenvalue weighted by molar-refractivity contribution is 9.13. The van der Waals surface area contributed by atoms with E-state index in [0.29, 0.717) is 6.04 Å². The summed E-state index contributed by atoms with van der Waals surface area (Å²) in [6.07, 6.45) is 1.02. The molecule has 2 atom stereocenters. The zero-order valence-electron chi connectivity index (χ0n) is 8.55. The van der Waals surface area contributed by atoms with Gasteiger partial charge in [-0.25, -0.2) is 0 Å². The van der Waals surface area contributed by atoms with E-state index in [4.69, 9.17) is 5.26 Å². The van der Waals surface area contributed by atoms with Crippen LogP contribution < -0.4 is 5.32 Å². The Bertz CT molecular complexity index is 350. The molecule has 0 aliphatic rings. The van der Waals surface area contributed by atoms with Gasteiger partial charge in [-0.15, -0.1) is 11.3 Å². The van der Waals surface area contributed by atoms with Crippen LogP contribution in [0.3, 0.4) is 0 Å². The molecule has 0 fully saturated rings. The standard InChI is InChI=1S/C10H12Br2N2S/c1-3-6(2)14-8(5-13)9-4-7(11)10(12)15-9/h4,6,8,14H,3H2,1-2H3. The topological polar surface area (TPSA) is 35.8 Å². The number of hydrogen-bond donors (Lipinski definition) is 1. The summed E-state index contributed by atoms with van der Waals surface area (Å²) < 4.78 is 2.04. The molecule has 15 heavy (non-hydrogen) atoms. The molecule has 2 unspecified atom stereocenters. The van der Waals surface area contributed by atoms with Gasteiger partial charge in [-0.1, -0.05) is 6.92 Å². The summed E-state index contributed by atoms with van der Waals surface area (Å²) in [5, 5.41) is 12.4. The Morgan fingerprint density at radius 3 is 2.67 bits per heavy atom. The number of nitriles is 1. The van der Waals surface area contributed by atoms with Gasteiger partial charge in [0.05, 0.1) is 9.86 Å². The molecule has 5 heteroatoms. The van der Waals surface area contributed by atoms with Crippen LogP contribution in [0.4, 0.5) is 0 Å². The van der Waals surface area contributed by atoms with Crippen molar-refractivity contribution in [2.45, 2.75) is 32.4 Å². The van der Waals surface area contributed by atoms with Crippen LogP contribution in [-0.4, -0.2) is 6.04 Å². The Morgan fingerprint density at radius 2 is 2.27 bits per heavy atom. The van der Waals surface area contributed by atoms with Crippen LogP contribution in [0.25, 0.3) is 0 Å². The molecule has 0 bridgehead atoms. The highest BCUT2D eigenvalue weighted by Crippen LogP contribution is 2.35. The molecule has 1 aromatic rings. The Kier molecular flexibility index (Phi) is 5.27. The van der Waals surface area contributed by atoms with E-state index in [2.05, 4.69) is 57.1 Å². The van der Waals surface area contributed by atoms with E-state index in [1.165, 1.54) is 0 Å². The maximum Gasteiger partial charge on any atom is 0.130 e. The molecule has 0 saturated heterocycles. The minimum Gasteiger partial charge on any atom is -0.295 e. The number of nitrogens with one attached hydrogen (secondary N) is 1. The fourth-order valence-corrected chi connectivity index (χ4v) is 3.19. The number of nitrogens with zero attached hydrogens (tertiary/aromatic N) is 1.